The lowest BCUT2D eigenvalue weighted by Crippen LogP contribution is -2.41. The van der Waals surface area contributed by atoms with E-state index in [1.807, 2.05) is 59.5 Å². The van der Waals surface area contributed by atoms with E-state index in [2.05, 4.69) is 24.2 Å². The molecule has 1 aliphatic heterocycles. The van der Waals surface area contributed by atoms with Gasteiger partial charge in [-0.1, -0.05) is 48.5 Å². The van der Waals surface area contributed by atoms with Crippen molar-refractivity contribution in [2.24, 2.45) is 0 Å². The zero-order valence-electron chi connectivity index (χ0n) is 14.7. The molecular weight excluding hydrogens is 326 g/mol. The average molecular weight is 347 g/mol. The van der Waals surface area contributed by atoms with Gasteiger partial charge in [-0.05, 0) is 30.7 Å². The van der Waals surface area contributed by atoms with Gasteiger partial charge >= 0.3 is 0 Å². The maximum Gasteiger partial charge on any atom is 0.272 e. The number of nitrogens with zero attached hydrogens (tertiary/aromatic N) is 3. The molecule has 0 fully saturated rings. The number of hydrogen-bond donors (Lipinski definition) is 0. The Morgan fingerprint density at radius 2 is 1.73 bits per heavy atom. The van der Waals surface area contributed by atoms with Gasteiger partial charge in [-0.15, -0.1) is 0 Å². The fraction of sp³-hybridized carbons (Fsp3) is 0.238. The first-order valence-corrected chi connectivity index (χ1v) is 8.83. The lowest BCUT2D eigenvalue weighted by Gasteiger charge is -2.33. The molecule has 0 spiro atoms. The molecule has 26 heavy (non-hydrogen) atoms. The summed E-state index contributed by atoms with van der Waals surface area (Å²) in [5, 5.41) is 4.53. The van der Waals surface area contributed by atoms with Crippen LogP contribution in [0.1, 0.15) is 34.7 Å². The van der Waals surface area contributed by atoms with Gasteiger partial charge in [0, 0.05) is 6.54 Å². The second-order valence-electron chi connectivity index (χ2n) is 6.43. The van der Waals surface area contributed by atoms with Crippen LogP contribution >= 0.6 is 0 Å². The molecule has 5 heteroatoms. The first-order chi connectivity index (χ1) is 12.7. The summed E-state index contributed by atoms with van der Waals surface area (Å²) in [5.74, 6) is 0.815. The number of carbonyl (C=O) groups excluding carboxylic acids is 1. The predicted molar refractivity (Wildman–Crippen MR) is 98.9 cm³/mol. The highest BCUT2D eigenvalue weighted by Gasteiger charge is 2.30. The van der Waals surface area contributed by atoms with E-state index in [9.17, 15) is 4.79 Å². The molecule has 1 atom stereocenters. The minimum absolute atomic E-state index is 0.0195. The Hall–Kier alpha value is -3.08. The number of carbonyl (C=O) groups is 1. The molecule has 0 N–H and O–H groups in total. The molecule has 3 aromatic rings. The van der Waals surface area contributed by atoms with Crippen molar-refractivity contribution in [3.8, 4) is 5.75 Å². The summed E-state index contributed by atoms with van der Waals surface area (Å²) in [4.78, 5) is 14.9. The average Bonchev–Trinajstić information content (AvgIpc) is 3.12. The van der Waals surface area contributed by atoms with E-state index in [1.165, 1.54) is 0 Å². The standard InChI is InChI=1S/C21H21N3O2/c1-16(17-8-4-2-5-9-17)23-12-13-24-20(21(23)25)14-18(22-24)15-26-19-10-6-3-7-11-19/h2-11,14,16H,12-13,15H2,1H3. The zero-order valence-corrected chi connectivity index (χ0v) is 14.7. The third-order valence-electron chi connectivity index (χ3n) is 4.74. The number of amides is 1. The highest BCUT2D eigenvalue weighted by Crippen LogP contribution is 2.25. The largest absolute Gasteiger partial charge is 0.487 e. The second-order valence-corrected chi connectivity index (χ2v) is 6.43. The quantitative estimate of drug-likeness (QED) is 0.707. The Balaban J connectivity index is 1.49. The van der Waals surface area contributed by atoms with Crippen LogP contribution in [0.5, 0.6) is 5.75 Å². The Kier molecular flexibility index (Phi) is 4.44. The van der Waals surface area contributed by atoms with E-state index in [1.54, 1.807) is 4.68 Å². The van der Waals surface area contributed by atoms with Crippen LogP contribution in [0.2, 0.25) is 0 Å². The summed E-state index contributed by atoms with van der Waals surface area (Å²) in [6.07, 6.45) is 0. The second kappa shape index (κ2) is 7.04. The van der Waals surface area contributed by atoms with Crippen molar-refractivity contribution < 1.29 is 9.53 Å². The van der Waals surface area contributed by atoms with Crippen molar-refractivity contribution in [1.29, 1.82) is 0 Å². The first kappa shape index (κ1) is 16.4. The van der Waals surface area contributed by atoms with Crippen molar-refractivity contribution in [2.75, 3.05) is 6.54 Å². The van der Waals surface area contributed by atoms with Gasteiger partial charge in [-0.2, -0.15) is 5.10 Å². The van der Waals surface area contributed by atoms with E-state index < -0.39 is 0 Å². The lowest BCUT2D eigenvalue weighted by atomic mass is 10.1. The number of ether oxygens (including phenoxy) is 1. The van der Waals surface area contributed by atoms with Gasteiger partial charge in [0.15, 0.2) is 0 Å². The number of aromatic nitrogens is 2. The monoisotopic (exact) mass is 347 g/mol. The lowest BCUT2D eigenvalue weighted by molar-refractivity contribution is 0.0624. The Labute approximate surface area is 152 Å². The van der Waals surface area contributed by atoms with E-state index >= 15 is 0 Å². The van der Waals surface area contributed by atoms with Crippen LogP contribution < -0.4 is 4.74 Å². The van der Waals surface area contributed by atoms with Crippen LogP contribution in [-0.4, -0.2) is 27.1 Å². The Morgan fingerprint density at radius 3 is 2.46 bits per heavy atom. The van der Waals surface area contributed by atoms with Gasteiger partial charge in [0.05, 0.1) is 12.6 Å². The molecule has 5 nitrogen and oxygen atoms in total. The van der Waals surface area contributed by atoms with Gasteiger partial charge in [0.1, 0.15) is 23.7 Å². The number of rotatable bonds is 5. The SMILES string of the molecule is CC(c1ccccc1)N1CCn2nc(COc3ccccc3)cc2C1=O. The summed E-state index contributed by atoms with van der Waals surface area (Å²) in [6, 6.07) is 21.6. The fourth-order valence-electron chi connectivity index (χ4n) is 3.29. The molecule has 0 saturated heterocycles. The number of fused-ring (bicyclic) bond motifs is 1. The van der Waals surface area contributed by atoms with Crippen LogP contribution in [0.4, 0.5) is 0 Å². The fourth-order valence-corrected chi connectivity index (χ4v) is 3.29. The van der Waals surface area contributed by atoms with Gasteiger partial charge < -0.3 is 9.64 Å². The molecule has 1 aliphatic rings. The highest BCUT2D eigenvalue weighted by molar-refractivity contribution is 5.93. The number of para-hydroxylation sites is 1. The van der Waals surface area contributed by atoms with Crippen molar-refractivity contribution in [3.63, 3.8) is 0 Å². The van der Waals surface area contributed by atoms with Crippen LogP contribution in [0, 0.1) is 0 Å². The number of benzene rings is 2. The molecule has 4 rings (SSSR count). The van der Waals surface area contributed by atoms with Crippen molar-refractivity contribution >= 4 is 5.91 Å². The van der Waals surface area contributed by atoms with Crippen molar-refractivity contribution in [3.05, 3.63) is 83.7 Å². The van der Waals surface area contributed by atoms with Gasteiger partial charge in [0.2, 0.25) is 0 Å². The molecular formula is C21H21N3O2. The molecule has 2 aromatic carbocycles. The van der Waals surface area contributed by atoms with E-state index in [0.29, 0.717) is 25.4 Å². The molecule has 1 unspecified atom stereocenters. The maximum atomic E-state index is 12.9. The summed E-state index contributed by atoms with van der Waals surface area (Å²) in [6.45, 7) is 3.77. The van der Waals surface area contributed by atoms with E-state index in [-0.39, 0.29) is 11.9 Å². The van der Waals surface area contributed by atoms with Crippen molar-refractivity contribution in [1.82, 2.24) is 14.7 Å². The van der Waals surface area contributed by atoms with E-state index in [4.69, 9.17) is 4.74 Å². The minimum Gasteiger partial charge on any atom is -0.487 e. The van der Waals surface area contributed by atoms with Gasteiger partial charge in [0.25, 0.3) is 5.91 Å². The normalized spacial score (nSPS) is 14.8. The molecule has 0 radical (unpaired) electrons. The predicted octanol–water partition coefficient (Wildman–Crippen LogP) is 3.68. The smallest absolute Gasteiger partial charge is 0.272 e. The minimum atomic E-state index is 0.0195. The molecule has 0 aliphatic carbocycles. The van der Waals surface area contributed by atoms with E-state index in [0.717, 1.165) is 17.0 Å². The van der Waals surface area contributed by atoms with Crippen molar-refractivity contribution in [2.45, 2.75) is 26.1 Å². The molecule has 0 saturated carbocycles. The third-order valence-corrected chi connectivity index (χ3v) is 4.74. The van der Waals surface area contributed by atoms with Crippen LogP contribution in [0.3, 0.4) is 0 Å². The number of hydrogen-bond acceptors (Lipinski definition) is 3. The molecule has 1 aromatic heterocycles. The van der Waals surface area contributed by atoms with Gasteiger partial charge in [-0.3, -0.25) is 9.48 Å². The molecule has 132 valence electrons. The van der Waals surface area contributed by atoms with Gasteiger partial charge in [-0.25, -0.2) is 0 Å². The highest BCUT2D eigenvalue weighted by atomic mass is 16.5. The van der Waals surface area contributed by atoms with Crippen LogP contribution in [0.25, 0.3) is 0 Å². The maximum absolute atomic E-state index is 12.9. The summed E-state index contributed by atoms with van der Waals surface area (Å²) in [5.41, 5.74) is 2.54. The Bertz CT molecular complexity index is 890. The summed E-state index contributed by atoms with van der Waals surface area (Å²) >= 11 is 0. The third kappa shape index (κ3) is 3.20. The molecule has 1 amide bonds. The molecule has 2 heterocycles. The van der Waals surface area contributed by atoms with Crippen LogP contribution in [-0.2, 0) is 13.2 Å². The molecule has 0 bridgehead atoms. The summed E-state index contributed by atoms with van der Waals surface area (Å²) < 4.78 is 7.54. The zero-order chi connectivity index (χ0) is 17.9. The van der Waals surface area contributed by atoms with Crippen LogP contribution in [0.15, 0.2) is 66.7 Å². The first-order valence-electron chi connectivity index (χ1n) is 8.83. The summed E-state index contributed by atoms with van der Waals surface area (Å²) in [7, 11) is 0. The topological polar surface area (TPSA) is 47.4 Å². The Morgan fingerprint density at radius 1 is 1.04 bits per heavy atom.